The minimum absolute atomic E-state index is 0.0713. The maximum absolute atomic E-state index is 12.4. The van der Waals surface area contributed by atoms with Gasteiger partial charge in [0, 0.05) is 23.0 Å². The third kappa shape index (κ3) is 6.84. The molecule has 3 aromatic rings. The number of hydrogen-bond donors (Lipinski definition) is 2. The van der Waals surface area contributed by atoms with E-state index in [1.807, 2.05) is 36.4 Å². The molecule has 3 aromatic carbocycles. The molecule has 7 heteroatoms. The number of anilines is 1. The highest BCUT2D eigenvalue weighted by Crippen LogP contribution is 2.37. The summed E-state index contributed by atoms with van der Waals surface area (Å²) in [5, 5.41) is 5.46. The lowest BCUT2D eigenvalue weighted by Crippen LogP contribution is -2.30. The standard InChI is InChI=1S/C23H21F3N2OS/c24-23(25,26)30-20-13-11-19(12-14-20)28-22(29)27-16-15-21(17-7-3-1-4-8-17)18-9-5-2-6-10-18/h1-14,21H,15-16H2,(H2,27,28,29). The van der Waals surface area contributed by atoms with E-state index in [1.165, 1.54) is 35.4 Å². The van der Waals surface area contributed by atoms with E-state index in [4.69, 9.17) is 0 Å². The number of alkyl halides is 3. The van der Waals surface area contributed by atoms with Gasteiger partial charge < -0.3 is 10.6 Å². The van der Waals surface area contributed by atoms with Gasteiger partial charge in [0.1, 0.15) is 0 Å². The molecule has 0 heterocycles. The van der Waals surface area contributed by atoms with Crippen LogP contribution in [0.4, 0.5) is 23.7 Å². The zero-order valence-corrected chi connectivity index (χ0v) is 16.8. The molecular formula is C23H21F3N2OS. The lowest BCUT2D eigenvalue weighted by Gasteiger charge is -2.18. The van der Waals surface area contributed by atoms with Crippen LogP contribution in [-0.2, 0) is 0 Å². The van der Waals surface area contributed by atoms with Crippen molar-refractivity contribution in [2.75, 3.05) is 11.9 Å². The first-order chi connectivity index (χ1) is 14.4. The number of thioether (sulfide) groups is 1. The topological polar surface area (TPSA) is 41.1 Å². The third-order valence-electron chi connectivity index (χ3n) is 4.47. The van der Waals surface area contributed by atoms with Crippen LogP contribution in [0.3, 0.4) is 0 Å². The monoisotopic (exact) mass is 430 g/mol. The van der Waals surface area contributed by atoms with Gasteiger partial charge in [0.25, 0.3) is 0 Å². The molecule has 3 rings (SSSR count). The summed E-state index contributed by atoms with van der Waals surface area (Å²) in [6, 6.07) is 25.3. The summed E-state index contributed by atoms with van der Waals surface area (Å²) in [5.41, 5.74) is -1.56. The minimum atomic E-state index is -4.33. The molecule has 3 nitrogen and oxygen atoms in total. The number of rotatable bonds is 7. The second-order valence-corrected chi connectivity index (χ2v) is 7.75. The molecule has 0 aliphatic rings. The normalized spacial score (nSPS) is 11.3. The minimum Gasteiger partial charge on any atom is -0.338 e. The number of halogens is 3. The van der Waals surface area contributed by atoms with Crippen LogP contribution < -0.4 is 10.6 Å². The number of nitrogens with one attached hydrogen (secondary N) is 2. The van der Waals surface area contributed by atoms with Crippen molar-refractivity contribution in [2.45, 2.75) is 22.7 Å². The largest absolute Gasteiger partial charge is 0.446 e. The first-order valence-corrected chi connectivity index (χ1v) is 10.2. The zero-order chi connectivity index (χ0) is 21.4. The van der Waals surface area contributed by atoms with Gasteiger partial charge in [-0.05, 0) is 53.6 Å². The van der Waals surface area contributed by atoms with Gasteiger partial charge in [-0.3, -0.25) is 0 Å². The summed E-state index contributed by atoms with van der Waals surface area (Å²) >= 11 is -0.187. The van der Waals surface area contributed by atoms with E-state index in [2.05, 4.69) is 34.9 Å². The highest BCUT2D eigenvalue weighted by molar-refractivity contribution is 8.00. The van der Waals surface area contributed by atoms with Crippen LogP contribution in [0.15, 0.2) is 89.8 Å². The molecule has 2 N–H and O–H groups in total. The van der Waals surface area contributed by atoms with Crippen molar-refractivity contribution < 1.29 is 18.0 Å². The average Bonchev–Trinajstić information content (AvgIpc) is 2.73. The highest BCUT2D eigenvalue weighted by Gasteiger charge is 2.29. The molecule has 0 saturated carbocycles. The smallest absolute Gasteiger partial charge is 0.338 e. The van der Waals surface area contributed by atoms with Crippen LogP contribution in [0.1, 0.15) is 23.5 Å². The summed E-state index contributed by atoms with van der Waals surface area (Å²) in [7, 11) is 0. The van der Waals surface area contributed by atoms with E-state index >= 15 is 0 Å². The molecule has 0 aliphatic heterocycles. The van der Waals surface area contributed by atoms with E-state index in [-0.39, 0.29) is 22.6 Å². The van der Waals surface area contributed by atoms with Gasteiger partial charge in [-0.25, -0.2) is 4.79 Å². The molecular weight excluding hydrogens is 409 g/mol. The Bertz CT molecular complexity index is 893. The van der Waals surface area contributed by atoms with Crippen molar-refractivity contribution in [1.82, 2.24) is 5.32 Å². The molecule has 156 valence electrons. The summed E-state index contributed by atoms with van der Waals surface area (Å²) in [4.78, 5) is 12.2. The molecule has 2 amide bonds. The average molecular weight is 430 g/mol. The molecule has 0 aromatic heterocycles. The summed E-state index contributed by atoms with van der Waals surface area (Å²) < 4.78 is 37.2. The number of carbonyl (C=O) groups excluding carboxylic acids is 1. The van der Waals surface area contributed by atoms with Gasteiger partial charge in [-0.2, -0.15) is 13.2 Å². The molecule has 0 saturated heterocycles. The van der Waals surface area contributed by atoms with Crippen molar-refractivity contribution in [3.63, 3.8) is 0 Å². The van der Waals surface area contributed by atoms with Crippen molar-refractivity contribution in [1.29, 1.82) is 0 Å². The lowest BCUT2D eigenvalue weighted by molar-refractivity contribution is -0.0328. The lowest BCUT2D eigenvalue weighted by atomic mass is 9.88. The number of urea groups is 1. The Morgan fingerprint density at radius 3 is 1.87 bits per heavy atom. The van der Waals surface area contributed by atoms with E-state index in [9.17, 15) is 18.0 Å². The Kier molecular flexibility index (Phi) is 7.41. The molecule has 0 fully saturated rings. The molecule has 30 heavy (non-hydrogen) atoms. The summed E-state index contributed by atoms with van der Waals surface area (Å²) in [6.45, 7) is 0.447. The fraction of sp³-hybridized carbons (Fsp3) is 0.174. The van der Waals surface area contributed by atoms with Crippen LogP contribution in [0.2, 0.25) is 0 Å². The number of benzene rings is 3. The number of amides is 2. The van der Waals surface area contributed by atoms with Crippen molar-refractivity contribution >= 4 is 23.5 Å². The second-order valence-electron chi connectivity index (χ2n) is 6.62. The van der Waals surface area contributed by atoms with Gasteiger partial charge in [0.05, 0.1) is 0 Å². The first-order valence-electron chi connectivity index (χ1n) is 9.41. The Balaban J connectivity index is 1.54. The Labute approximate surface area is 177 Å². The molecule has 0 radical (unpaired) electrons. The molecule has 0 unspecified atom stereocenters. The Morgan fingerprint density at radius 1 is 0.833 bits per heavy atom. The Morgan fingerprint density at radius 2 is 1.37 bits per heavy atom. The van der Waals surface area contributed by atoms with Crippen LogP contribution in [0.25, 0.3) is 0 Å². The van der Waals surface area contributed by atoms with Crippen LogP contribution in [-0.4, -0.2) is 18.1 Å². The summed E-state index contributed by atoms with van der Waals surface area (Å²) in [5.74, 6) is 0.145. The van der Waals surface area contributed by atoms with E-state index in [0.29, 0.717) is 18.7 Å². The predicted molar refractivity (Wildman–Crippen MR) is 115 cm³/mol. The molecule has 0 spiro atoms. The maximum atomic E-state index is 12.4. The number of carbonyl (C=O) groups is 1. The van der Waals surface area contributed by atoms with Gasteiger partial charge >= 0.3 is 11.5 Å². The van der Waals surface area contributed by atoms with Gasteiger partial charge in [0.2, 0.25) is 0 Å². The fourth-order valence-electron chi connectivity index (χ4n) is 3.14. The quantitative estimate of drug-likeness (QED) is 0.413. The SMILES string of the molecule is O=C(NCCC(c1ccccc1)c1ccccc1)Nc1ccc(SC(F)(F)F)cc1. The van der Waals surface area contributed by atoms with Crippen LogP contribution in [0, 0.1) is 0 Å². The fourth-order valence-corrected chi connectivity index (χ4v) is 3.68. The van der Waals surface area contributed by atoms with Crippen molar-refractivity contribution in [3.8, 4) is 0 Å². The van der Waals surface area contributed by atoms with E-state index in [0.717, 1.165) is 0 Å². The molecule has 0 bridgehead atoms. The second kappa shape index (κ2) is 10.2. The number of hydrogen-bond acceptors (Lipinski definition) is 2. The van der Waals surface area contributed by atoms with Crippen molar-refractivity contribution in [3.05, 3.63) is 96.1 Å². The van der Waals surface area contributed by atoms with Crippen LogP contribution >= 0.6 is 11.8 Å². The predicted octanol–water partition coefficient (Wildman–Crippen LogP) is 6.64. The van der Waals surface area contributed by atoms with Crippen molar-refractivity contribution in [2.24, 2.45) is 0 Å². The maximum Gasteiger partial charge on any atom is 0.446 e. The highest BCUT2D eigenvalue weighted by atomic mass is 32.2. The summed E-state index contributed by atoms with van der Waals surface area (Å²) in [6.07, 6.45) is 0.711. The Hall–Kier alpha value is -2.93. The molecule has 0 atom stereocenters. The zero-order valence-electron chi connectivity index (χ0n) is 16.0. The molecule has 0 aliphatic carbocycles. The van der Waals surface area contributed by atoms with Gasteiger partial charge in [-0.15, -0.1) is 0 Å². The van der Waals surface area contributed by atoms with E-state index < -0.39 is 11.5 Å². The van der Waals surface area contributed by atoms with Gasteiger partial charge in [-0.1, -0.05) is 60.7 Å². The van der Waals surface area contributed by atoms with E-state index in [1.54, 1.807) is 0 Å². The van der Waals surface area contributed by atoms with Crippen LogP contribution in [0.5, 0.6) is 0 Å². The first kappa shape index (κ1) is 21.8. The van der Waals surface area contributed by atoms with Gasteiger partial charge in [0.15, 0.2) is 0 Å². The third-order valence-corrected chi connectivity index (χ3v) is 5.21.